The zero-order valence-electron chi connectivity index (χ0n) is 17.9. The minimum atomic E-state index is -4.38. The lowest BCUT2D eigenvalue weighted by atomic mass is 9.96. The number of hydrogen-bond acceptors (Lipinski definition) is 5. The van der Waals surface area contributed by atoms with Crippen LogP contribution >= 0.6 is 11.8 Å². The summed E-state index contributed by atoms with van der Waals surface area (Å²) >= 11 is 1.44. The van der Waals surface area contributed by atoms with E-state index in [1.807, 2.05) is 0 Å². The highest BCUT2D eigenvalue weighted by atomic mass is 32.2. The molecule has 0 spiro atoms. The van der Waals surface area contributed by atoms with Crippen LogP contribution in [0, 0.1) is 0 Å². The van der Waals surface area contributed by atoms with E-state index in [-0.39, 0.29) is 23.2 Å². The van der Waals surface area contributed by atoms with E-state index >= 15 is 0 Å². The van der Waals surface area contributed by atoms with Gasteiger partial charge in [-0.3, -0.25) is 10.0 Å². The standard InChI is InChI=1S/C22H25F3N2O4S2/c1-2-18(21(28)26-29)19-5-3-4-6-20(19)33(30,31)27-13-11-17(12-14-27)32-16-9-7-15(8-10-16)22(23,24)25/h3-10,17-18,29H,2,11-14H2,1H3,(H,26,28). The molecule has 6 nitrogen and oxygen atoms in total. The van der Waals surface area contributed by atoms with E-state index in [1.54, 1.807) is 30.6 Å². The van der Waals surface area contributed by atoms with Gasteiger partial charge in [0.05, 0.1) is 16.4 Å². The third kappa shape index (κ3) is 5.89. The topological polar surface area (TPSA) is 86.7 Å². The fourth-order valence-electron chi connectivity index (χ4n) is 3.87. The summed E-state index contributed by atoms with van der Waals surface area (Å²) in [7, 11) is -3.87. The number of rotatable bonds is 7. The van der Waals surface area contributed by atoms with Crippen molar-refractivity contribution in [1.82, 2.24) is 9.79 Å². The molecule has 0 radical (unpaired) electrons. The quantitative estimate of drug-likeness (QED) is 0.425. The first-order valence-corrected chi connectivity index (χ1v) is 12.8. The predicted molar refractivity (Wildman–Crippen MR) is 118 cm³/mol. The van der Waals surface area contributed by atoms with Crippen LogP contribution in [0.5, 0.6) is 0 Å². The SMILES string of the molecule is CCC(C(=O)NO)c1ccccc1S(=O)(=O)N1CCC(Sc2ccc(C(F)(F)F)cc2)CC1. The van der Waals surface area contributed by atoms with Crippen molar-refractivity contribution in [3.8, 4) is 0 Å². The molecule has 2 aromatic rings. The van der Waals surface area contributed by atoms with E-state index in [0.717, 1.165) is 12.1 Å². The number of nitrogens with one attached hydrogen (secondary N) is 1. The number of piperidine rings is 1. The van der Waals surface area contributed by atoms with E-state index in [9.17, 15) is 26.4 Å². The van der Waals surface area contributed by atoms with Crippen LogP contribution in [0.15, 0.2) is 58.3 Å². The molecular weight excluding hydrogens is 477 g/mol. The number of alkyl halides is 3. The van der Waals surface area contributed by atoms with Gasteiger partial charge in [0.25, 0.3) is 5.91 Å². The Kier molecular flexibility index (Phi) is 8.09. The predicted octanol–water partition coefficient (Wildman–Crippen LogP) is 4.65. The Labute approximate surface area is 195 Å². The lowest BCUT2D eigenvalue weighted by Gasteiger charge is -2.32. The van der Waals surface area contributed by atoms with Crippen LogP contribution < -0.4 is 5.48 Å². The average molecular weight is 503 g/mol. The third-order valence-electron chi connectivity index (χ3n) is 5.63. The van der Waals surface area contributed by atoms with E-state index in [4.69, 9.17) is 5.21 Å². The average Bonchev–Trinajstić information content (AvgIpc) is 2.80. The van der Waals surface area contributed by atoms with Gasteiger partial charge < -0.3 is 0 Å². The van der Waals surface area contributed by atoms with E-state index in [1.165, 1.54) is 34.3 Å². The van der Waals surface area contributed by atoms with Gasteiger partial charge in [-0.1, -0.05) is 25.1 Å². The molecule has 1 saturated heterocycles. The van der Waals surface area contributed by atoms with Crippen molar-refractivity contribution in [3.05, 3.63) is 59.7 Å². The Morgan fingerprint density at radius 1 is 1.15 bits per heavy atom. The van der Waals surface area contributed by atoms with E-state index in [2.05, 4.69) is 0 Å². The summed E-state index contributed by atoms with van der Waals surface area (Å²) in [6.07, 6.45) is -2.98. The number of hydrogen-bond donors (Lipinski definition) is 2. The first kappa shape index (κ1) is 25.5. The molecule has 3 rings (SSSR count). The summed E-state index contributed by atoms with van der Waals surface area (Å²) in [5.41, 5.74) is 1.23. The van der Waals surface area contributed by atoms with Crippen LogP contribution in [-0.4, -0.2) is 42.2 Å². The van der Waals surface area contributed by atoms with Gasteiger partial charge in [-0.2, -0.15) is 17.5 Å². The molecule has 1 atom stereocenters. The maximum Gasteiger partial charge on any atom is 0.416 e. The summed E-state index contributed by atoms with van der Waals surface area (Å²) in [6.45, 7) is 2.25. The number of nitrogens with zero attached hydrogens (tertiary/aromatic N) is 1. The van der Waals surface area contributed by atoms with Crippen molar-refractivity contribution in [2.45, 2.75) is 53.3 Å². The Morgan fingerprint density at radius 2 is 1.76 bits per heavy atom. The summed E-state index contributed by atoms with van der Waals surface area (Å²) < 4.78 is 66.3. The minimum Gasteiger partial charge on any atom is -0.289 e. The molecule has 33 heavy (non-hydrogen) atoms. The number of hydroxylamine groups is 1. The fraction of sp³-hybridized carbons (Fsp3) is 0.409. The van der Waals surface area contributed by atoms with Gasteiger partial charge in [-0.05, 0) is 55.2 Å². The number of benzene rings is 2. The lowest BCUT2D eigenvalue weighted by Crippen LogP contribution is -2.40. The van der Waals surface area contributed by atoms with Crippen LogP contribution in [-0.2, 0) is 21.0 Å². The van der Waals surface area contributed by atoms with Gasteiger partial charge in [-0.15, -0.1) is 11.8 Å². The van der Waals surface area contributed by atoms with Crippen molar-refractivity contribution >= 4 is 27.7 Å². The summed E-state index contributed by atoms with van der Waals surface area (Å²) in [4.78, 5) is 12.8. The number of amides is 1. The second-order valence-electron chi connectivity index (χ2n) is 7.72. The maximum absolute atomic E-state index is 13.4. The van der Waals surface area contributed by atoms with Crippen LogP contribution in [0.25, 0.3) is 0 Å². The number of halogens is 3. The molecule has 11 heteroatoms. The Morgan fingerprint density at radius 3 is 2.30 bits per heavy atom. The number of thioether (sulfide) groups is 1. The lowest BCUT2D eigenvalue weighted by molar-refractivity contribution is -0.137. The normalized spacial score (nSPS) is 17.0. The molecule has 1 fully saturated rings. The fourth-order valence-corrected chi connectivity index (χ4v) is 6.73. The highest BCUT2D eigenvalue weighted by molar-refractivity contribution is 8.00. The Hall–Kier alpha value is -2.08. The van der Waals surface area contributed by atoms with Crippen molar-refractivity contribution in [1.29, 1.82) is 0 Å². The highest BCUT2D eigenvalue weighted by Crippen LogP contribution is 2.36. The third-order valence-corrected chi connectivity index (χ3v) is 8.95. The summed E-state index contributed by atoms with van der Waals surface area (Å²) in [5.74, 6) is -1.49. The molecule has 0 bridgehead atoms. The summed E-state index contributed by atoms with van der Waals surface area (Å²) in [5, 5.41) is 9.10. The largest absolute Gasteiger partial charge is 0.416 e. The molecule has 1 aliphatic heterocycles. The van der Waals surface area contributed by atoms with Gasteiger partial charge in [-0.25, -0.2) is 13.9 Å². The first-order chi connectivity index (χ1) is 15.6. The molecule has 1 aliphatic rings. The van der Waals surface area contributed by atoms with Crippen LogP contribution in [0.1, 0.15) is 43.2 Å². The zero-order valence-corrected chi connectivity index (χ0v) is 19.5. The molecule has 0 aliphatic carbocycles. The zero-order chi connectivity index (χ0) is 24.2. The van der Waals surface area contributed by atoms with Crippen molar-refractivity contribution in [2.24, 2.45) is 0 Å². The van der Waals surface area contributed by atoms with Crippen LogP contribution in [0.4, 0.5) is 13.2 Å². The monoisotopic (exact) mass is 502 g/mol. The van der Waals surface area contributed by atoms with Crippen molar-refractivity contribution in [2.75, 3.05) is 13.1 Å². The molecule has 2 aromatic carbocycles. The molecule has 2 N–H and O–H groups in total. The maximum atomic E-state index is 13.4. The number of carbonyl (C=O) groups excluding carboxylic acids is 1. The second-order valence-corrected chi connectivity index (χ2v) is 11.0. The van der Waals surface area contributed by atoms with Crippen LogP contribution in [0.3, 0.4) is 0 Å². The van der Waals surface area contributed by atoms with Gasteiger partial charge in [0.15, 0.2) is 0 Å². The Bertz CT molecular complexity index is 1070. The second kappa shape index (κ2) is 10.5. The Balaban J connectivity index is 1.70. The molecule has 180 valence electrons. The van der Waals surface area contributed by atoms with Gasteiger partial charge in [0.2, 0.25) is 10.0 Å². The van der Waals surface area contributed by atoms with Gasteiger partial charge in [0.1, 0.15) is 0 Å². The molecular formula is C22H25F3N2O4S2. The molecule has 1 amide bonds. The van der Waals surface area contributed by atoms with Gasteiger partial charge in [0, 0.05) is 23.2 Å². The first-order valence-electron chi connectivity index (χ1n) is 10.4. The van der Waals surface area contributed by atoms with Gasteiger partial charge >= 0.3 is 6.18 Å². The van der Waals surface area contributed by atoms with Crippen molar-refractivity contribution < 1.29 is 31.6 Å². The smallest absolute Gasteiger partial charge is 0.289 e. The molecule has 1 unspecified atom stereocenters. The molecule has 1 heterocycles. The van der Waals surface area contributed by atoms with Crippen molar-refractivity contribution in [3.63, 3.8) is 0 Å². The summed E-state index contributed by atoms with van der Waals surface area (Å²) in [6, 6.07) is 11.2. The van der Waals surface area contributed by atoms with E-state index < -0.39 is 33.6 Å². The minimum absolute atomic E-state index is 0.0364. The molecule has 0 saturated carbocycles. The number of sulfonamides is 1. The van der Waals surface area contributed by atoms with E-state index in [0.29, 0.717) is 29.7 Å². The number of carbonyl (C=O) groups is 1. The van der Waals surface area contributed by atoms with Crippen LogP contribution in [0.2, 0.25) is 0 Å². The molecule has 0 aromatic heterocycles. The highest BCUT2D eigenvalue weighted by Gasteiger charge is 2.34.